The fourth-order valence-corrected chi connectivity index (χ4v) is 8.41. The molecular formula is C51H32N4O2. The Hall–Kier alpha value is -7.70. The molecule has 7 aromatic carbocycles. The fourth-order valence-electron chi connectivity index (χ4n) is 8.41. The first-order chi connectivity index (χ1) is 28.2. The van der Waals surface area contributed by atoms with Crippen LogP contribution in [-0.4, -0.2) is 19.9 Å². The molecule has 0 saturated carbocycles. The van der Waals surface area contributed by atoms with Crippen molar-refractivity contribution >= 4 is 0 Å². The van der Waals surface area contributed by atoms with Crippen LogP contribution in [0, 0.1) is 0 Å². The third-order valence-corrected chi connectivity index (χ3v) is 10.9. The van der Waals surface area contributed by atoms with Crippen LogP contribution in [0.15, 0.2) is 194 Å². The predicted molar refractivity (Wildman–Crippen MR) is 223 cm³/mol. The van der Waals surface area contributed by atoms with Gasteiger partial charge in [0.25, 0.3) is 0 Å². The van der Waals surface area contributed by atoms with Crippen LogP contribution in [0.3, 0.4) is 0 Å². The van der Waals surface area contributed by atoms with Crippen LogP contribution < -0.4 is 9.47 Å². The van der Waals surface area contributed by atoms with E-state index in [1.54, 1.807) is 6.20 Å². The van der Waals surface area contributed by atoms with Crippen molar-refractivity contribution in [2.45, 2.75) is 5.41 Å². The van der Waals surface area contributed by atoms with E-state index >= 15 is 0 Å². The molecule has 0 fully saturated rings. The van der Waals surface area contributed by atoms with Crippen LogP contribution in [0.5, 0.6) is 23.0 Å². The van der Waals surface area contributed by atoms with Crippen molar-refractivity contribution < 1.29 is 9.47 Å². The summed E-state index contributed by atoms with van der Waals surface area (Å²) in [5, 5.41) is 0. The summed E-state index contributed by atoms with van der Waals surface area (Å²) in [7, 11) is 0. The van der Waals surface area contributed by atoms with E-state index in [2.05, 4.69) is 108 Å². The van der Waals surface area contributed by atoms with Gasteiger partial charge in [-0.1, -0.05) is 146 Å². The zero-order valence-electron chi connectivity index (χ0n) is 30.6. The van der Waals surface area contributed by atoms with Gasteiger partial charge in [-0.05, 0) is 75.8 Å². The van der Waals surface area contributed by atoms with Crippen molar-refractivity contribution in [2.24, 2.45) is 0 Å². The average Bonchev–Trinajstić information content (AvgIpc) is 3.58. The SMILES string of the molecule is c1ccc(-c2nc(-c3cccc(-c4ccccn4)c3)nc(-c3cccc4c3Oc3cc5c(cc3O4)-c3ccccc3C5(c3ccccc3)c3ccccc3)n2)cc1. The van der Waals surface area contributed by atoms with E-state index in [4.69, 9.17) is 24.4 Å². The second-order valence-corrected chi connectivity index (χ2v) is 14.2. The van der Waals surface area contributed by atoms with E-state index in [1.165, 1.54) is 22.3 Å². The molecule has 6 nitrogen and oxygen atoms in total. The summed E-state index contributed by atoms with van der Waals surface area (Å²) in [6, 6.07) is 64.3. The van der Waals surface area contributed by atoms with Gasteiger partial charge in [0.15, 0.2) is 40.5 Å². The molecule has 0 atom stereocenters. The largest absolute Gasteiger partial charge is 0.449 e. The van der Waals surface area contributed by atoms with Gasteiger partial charge in [0.05, 0.1) is 16.7 Å². The number of benzene rings is 7. The van der Waals surface area contributed by atoms with E-state index in [1.807, 2.05) is 84.9 Å². The van der Waals surface area contributed by atoms with Gasteiger partial charge < -0.3 is 9.47 Å². The number of rotatable bonds is 6. The second kappa shape index (κ2) is 13.3. The first-order valence-corrected chi connectivity index (χ1v) is 19.0. The highest BCUT2D eigenvalue weighted by molar-refractivity contribution is 5.88. The molecule has 0 radical (unpaired) electrons. The molecule has 0 saturated heterocycles. The molecule has 11 rings (SSSR count). The summed E-state index contributed by atoms with van der Waals surface area (Å²) < 4.78 is 13.7. The third-order valence-electron chi connectivity index (χ3n) is 10.9. The second-order valence-electron chi connectivity index (χ2n) is 14.2. The lowest BCUT2D eigenvalue weighted by Gasteiger charge is -2.34. The Morgan fingerprint density at radius 1 is 0.368 bits per heavy atom. The summed E-state index contributed by atoms with van der Waals surface area (Å²) in [5.41, 5.74) is 10.7. The van der Waals surface area contributed by atoms with E-state index in [9.17, 15) is 0 Å². The topological polar surface area (TPSA) is 70.0 Å². The molecule has 6 heteroatoms. The molecule has 0 amide bonds. The zero-order chi connectivity index (χ0) is 37.8. The average molecular weight is 733 g/mol. The minimum atomic E-state index is -0.579. The summed E-state index contributed by atoms with van der Waals surface area (Å²) in [4.78, 5) is 19.7. The Morgan fingerprint density at radius 2 is 0.965 bits per heavy atom. The first kappa shape index (κ1) is 32.7. The Morgan fingerprint density at radius 3 is 1.72 bits per heavy atom. The number of fused-ring (bicyclic) bond motifs is 5. The molecular weight excluding hydrogens is 701 g/mol. The summed E-state index contributed by atoms with van der Waals surface area (Å²) in [6.45, 7) is 0. The van der Waals surface area contributed by atoms with E-state index < -0.39 is 5.41 Å². The molecule has 2 aromatic heterocycles. The molecule has 0 unspecified atom stereocenters. The van der Waals surface area contributed by atoms with Gasteiger partial charge in [0.2, 0.25) is 0 Å². The van der Waals surface area contributed by atoms with Crippen LogP contribution in [0.25, 0.3) is 56.5 Å². The highest BCUT2D eigenvalue weighted by Gasteiger charge is 2.47. The number of nitrogens with zero attached hydrogens (tertiary/aromatic N) is 4. The standard InChI is InChI=1S/C51H32N4O2/c1-4-16-33(17-5-1)48-53-49(35-19-14-18-34(30-35)43-27-12-13-29-52-43)55-50(54-48)39-25-15-28-44-47(39)57-46-32-42-40(31-45(46)56-44)38-24-10-11-26-41(38)51(42,36-20-6-2-7-21-36)37-22-8-3-9-23-37/h1-32H. The van der Waals surface area contributed by atoms with Crippen molar-refractivity contribution in [1.82, 2.24) is 19.9 Å². The van der Waals surface area contributed by atoms with Crippen molar-refractivity contribution in [1.29, 1.82) is 0 Å². The monoisotopic (exact) mass is 732 g/mol. The van der Waals surface area contributed by atoms with E-state index in [0.717, 1.165) is 33.5 Å². The highest BCUT2D eigenvalue weighted by atomic mass is 16.6. The predicted octanol–water partition coefficient (Wildman–Crippen LogP) is 12.2. The maximum Gasteiger partial charge on any atom is 0.181 e. The summed E-state index contributed by atoms with van der Waals surface area (Å²) in [6.07, 6.45) is 1.80. The van der Waals surface area contributed by atoms with Gasteiger partial charge in [-0.2, -0.15) is 0 Å². The third kappa shape index (κ3) is 5.34. The van der Waals surface area contributed by atoms with Crippen molar-refractivity contribution in [3.05, 3.63) is 217 Å². The zero-order valence-corrected chi connectivity index (χ0v) is 30.6. The normalized spacial score (nSPS) is 13.0. The Labute approximate surface area is 329 Å². The minimum Gasteiger partial charge on any atom is -0.449 e. The van der Waals surface area contributed by atoms with Crippen molar-refractivity contribution in [3.63, 3.8) is 0 Å². The van der Waals surface area contributed by atoms with Crippen LogP contribution >= 0.6 is 0 Å². The number of para-hydroxylation sites is 1. The minimum absolute atomic E-state index is 0.475. The summed E-state index contributed by atoms with van der Waals surface area (Å²) in [5.74, 6) is 3.98. The first-order valence-electron chi connectivity index (χ1n) is 19.0. The lowest BCUT2D eigenvalue weighted by atomic mass is 9.67. The van der Waals surface area contributed by atoms with E-state index in [0.29, 0.717) is 46.0 Å². The number of hydrogen-bond acceptors (Lipinski definition) is 6. The van der Waals surface area contributed by atoms with Gasteiger partial charge in [-0.25, -0.2) is 15.0 Å². The van der Waals surface area contributed by atoms with Crippen LogP contribution in [0.2, 0.25) is 0 Å². The summed E-state index contributed by atoms with van der Waals surface area (Å²) >= 11 is 0. The Kier molecular flexibility index (Phi) is 7.60. The fraction of sp³-hybridized carbons (Fsp3) is 0.0196. The highest BCUT2D eigenvalue weighted by Crippen LogP contribution is 2.60. The van der Waals surface area contributed by atoms with Crippen LogP contribution in [0.1, 0.15) is 22.3 Å². The van der Waals surface area contributed by atoms with Gasteiger partial charge in [-0.15, -0.1) is 0 Å². The smallest absolute Gasteiger partial charge is 0.181 e. The quantitative estimate of drug-likeness (QED) is 0.169. The Bertz CT molecular complexity index is 2920. The Balaban J connectivity index is 1.07. The van der Waals surface area contributed by atoms with Crippen LogP contribution in [0.4, 0.5) is 0 Å². The number of hydrogen-bond donors (Lipinski definition) is 0. The van der Waals surface area contributed by atoms with Gasteiger partial charge >= 0.3 is 0 Å². The molecule has 268 valence electrons. The van der Waals surface area contributed by atoms with E-state index in [-0.39, 0.29) is 0 Å². The lowest BCUT2D eigenvalue weighted by molar-refractivity contribution is 0.360. The van der Waals surface area contributed by atoms with Crippen LogP contribution in [-0.2, 0) is 5.41 Å². The van der Waals surface area contributed by atoms with Gasteiger partial charge in [-0.3, -0.25) is 4.98 Å². The molecule has 0 spiro atoms. The van der Waals surface area contributed by atoms with Gasteiger partial charge in [0, 0.05) is 22.9 Å². The lowest BCUT2D eigenvalue weighted by Crippen LogP contribution is -2.28. The molecule has 0 N–H and O–H groups in total. The van der Waals surface area contributed by atoms with Gasteiger partial charge in [0.1, 0.15) is 0 Å². The molecule has 0 bridgehead atoms. The molecule has 2 aliphatic rings. The maximum absolute atomic E-state index is 6.99. The van der Waals surface area contributed by atoms with Crippen molar-refractivity contribution in [2.75, 3.05) is 0 Å². The molecule has 1 aliphatic heterocycles. The molecule has 1 aliphatic carbocycles. The number of ether oxygens (including phenoxy) is 2. The van der Waals surface area contributed by atoms with Crippen molar-refractivity contribution in [3.8, 4) is 79.5 Å². The molecule has 9 aromatic rings. The maximum atomic E-state index is 6.99. The number of aromatic nitrogens is 4. The number of pyridine rings is 1. The molecule has 57 heavy (non-hydrogen) atoms. The molecule has 3 heterocycles.